The van der Waals surface area contributed by atoms with Crippen molar-refractivity contribution < 1.29 is 14.6 Å². The van der Waals surface area contributed by atoms with Crippen molar-refractivity contribution >= 4 is 29.7 Å². The third kappa shape index (κ3) is 5.30. The summed E-state index contributed by atoms with van der Waals surface area (Å²) >= 11 is 1.52. The molecule has 3 N–H and O–H groups in total. The maximum absolute atomic E-state index is 13.1. The summed E-state index contributed by atoms with van der Waals surface area (Å²) in [5, 5.41) is 12.4. The van der Waals surface area contributed by atoms with Gasteiger partial charge >= 0.3 is 0 Å². The second kappa shape index (κ2) is 10.2. The summed E-state index contributed by atoms with van der Waals surface area (Å²) in [6, 6.07) is 13.0. The number of hydrogen-bond acceptors (Lipinski definition) is 5. The van der Waals surface area contributed by atoms with E-state index in [2.05, 4.69) is 0 Å². The number of thiophene rings is 1. The van der Waals surface area contributed by atoms with Crippen LogP contribution in [0.25, 0.3) is 0 Å². The molecule has 1 saturated heterocycles. The minimum Gasteiger partial charge on any atom is -0.387 e. The molecule has 148 valence electrons. The largest absolute Gasteiger partial charge is 0.387 e. The number of aliphatic hydroxyl groups is 1. The highest BCUT2D eigenvalue weighted by molar-refractivity contribution is 7.10. The summed E-state index contributed by atoms with van der Waals surface area (Å²) in [5.41, 5.74) is 7.30. The minimum absolute atomic E-state index is 0. The zero-order valence-corrected chi connectivity index (χ0v) is 17.0. The summed E-state index contributed by atoms with van der Waals surface area (Å²) in [6.45, 7) is 3.38. The number of rotatable bonds is 6. The predicted octanol–water partition coefficient (Wildman–Crippen LogP) is 3.16. The second-order valence-electron chi connectivity index (χ2n) is 6.75. The summed E-state index contributed by atoms with van der Waals surface area (Å²) in [5.74, 6) is -0.315. The van der Waals surface area contributed by atoms with Crippen LogP contribution in [0.1, 0.15) is 35.9 Å². The van der Waals surface area contributed by atoms with Crippen molar-refractivity contribution in [2.24, 2.45) is 11.7 Å². The summed E-state index contributed by atoms with van der Waals surface area (Å²) in [6.07, 6.45) is -0.116. The summed E-state index contributed by atoms with van der Waals surface area (Å²) in [4.78, 5) is 15.9. The third-order valence-electron chi connectivity index (χ3n) is 4.99. The Morgan fingerprint density at radius 2 is 2.07 bits per heavy atom. The van der Waals surface area contributed by atoms with Crippen LogP contribution in [-0.4, -0.2) is 41.7 Å². The highest BCUT2D eigenvalue weighted by Gasteiger charge is 2.34. The van der Waals surface area contributed by atoms with Crippen LogP contribution in [-0.2, 0) is 9.53 Å². The van der Waals surface area contributed by atoms with E-state index >= 15 is 0 Å². The van der Waals surface area contributed by atoms with Crippen molar-refractivity contribution in [3.05, 3.63) is 58.3 Å². The lowest BCUT2D eigenvalue weighted by Gasteiger charge is -2.39. The van der Waals surface area contributed by atoms with E-state index in [-0.39, 0.29) is 36.3 Å². The predicted molar refractivity (Wildman–Crippen MR) is 110 cm³/mol. The number of carbonyl (C=O) groups is 1. The second-order valence-corrected chi connectivity index (χ2v) is 7.73. The van der Waals surface area contributed by atoms with Crippen LogP contribution >= 0.6 is 23.7 Å². The number of nitrogens with zero attached hydrogens (tertiary/aromatic N) is 1. The van der Waals surface area contributed by atoms with Crippen LogP contribution in [0.5, 0.6) is 0 Å². The smallest absolute Gasteiger partial charge is 0.227 e. The monoisotopic (exact) mass is 410 g/mol. The van der Waals surface area contributed by atoms with Gasteiger partial charge in [-0.3, -0.25) is 4.79 Å². The van der Waals surface area contributed by atoms with E-state index in [1.54, 1.807) is 0 Å². The number of aliphatic hydroxyl groups excluding tert-OH is 1. The molecule has 3 rings (SSSR count). The van der Waals surface area contributed by atoms with Gasteiger partial charge in [-0.05, 0) is 17.0 Å². The normalized spacial score (nSPS) is 20.4. The number of carbonyl (C=O) groups excluding carboxylic acids is 1. The fourth-order valence-corrected chi connectivity index (χ4v) is 4.10. The molecule has 0 spiro atoms. The molecule has 1 aliphatic rings. The van der Waals surface area contributed by atoms with Crippen LogP contribution in [0.3, 0.4) is 0 Å². The highest BCUT2D eigenvalue weighted by Crippen LogP contribution is 2.28. The lowest BCUT2D eigenvalue weighted by Crippen LogP contribution is -2.52. The molecule has 1 aromatic carbocycles. The standard InChI is InChI=1S/C20H26N2O3S.ClH/c1-14(19(21)15-6-3-2-4-7-15)20(24)22-9-10-25-13-16(22)12-17(23)18-8-5-11-26-18;/h2-8,11,14,16-17,19,23H,9-10,12-13,21H2,1H3;1H. The summed E-state index contributed by atoms with van der Waals surface area (Å²) < 4.78 is 5.57. The third-order valence-corrected chi connectivity index (χ3v) is 5.96. The Bertz CT molecular complexity index is 699. The molecule has 2 aromatic rings. The fraction of sp³-hybridized carbons (Fsp3) is 0.450. The molecule has 0 bridgehead atoms. The zero-order chi connectivity index (χ0) is 18.5. The molecule has 4 unspecified atom stereocenters. The quantitative estimate of drug-likeness (QED) is 0.766. The molecule has 0 aliphatic carbocycles. The Balaban J connectivity index is 0.00000261. The van der Waals surface area contributed by atoms with Crippen LogP contribution in [0.15, 0.2) is 47.8 Å². The van der Waals surface area contributed by atoms with Gasteiger partial charge in [-0.15, -0.1) is 23.7 Å². The molecule has 1 aromatic heterocycles. The Morgan fingerprint density at radius 3 is 2.74 bits per heavy atom. The Labute approximate surface area is 170 Å². The van der Waals surface area contributed by atoms with E-state index < -0.39 is 6.10 Å². The average molecular weight is 411 g/mol. The molecule has 4 atom stereocenters. The first-order valence-corrected chi connectivity index (χ1v) is 9.86. The molecule has 0 radical (unpaired) electrons. The van der Waals surface area contributed by atoms with Gasteiger partial charge in [-0.1, -0.05) is 43.3 Å². The number of hydrogen-bond donors (Lipinski definition) is 2. The van der Waals surface area contributed by atoms with Gasteiger partial charge in [0.1, 0.15) is 0 Å². The van der Waals surface area contributed by atoms with Gasteiger partial charge in [-0.2, -0.15) is 0 Å². The van der Waals surface area contributed by atoms with Crippen molar-refractivity contribution in [3.8, 4) is 0 Å². The van der Waals surface area contributed by atoms with Crippen molar-refractivity contribution in [1.29, 1.82) is 0 Å². The zero-order valence-electron chi connectivity index (χ0n) is 15.4. The van der Waals surface area contributed by atoms with E-state index in [1.807, 2.05) is 59.7 Å². The molecular formula is C20H27ClN2O3S. The van der Waals surface area contributed by atoms with E-state index in [0.29, 0.717) is 26.2 Å². The number of benzene rings is 1. The lowest BCUT2D eigenvalue weighted by molar-refractivity contribution is -0.145. The number of halogens is 1. The molecule has 1 aliphatic heterocycles. The average Bonchev–Trinajstić information content (AvgIpc) is 3.22. The summed E-state index contributed by atoms with van der Waals surface area (Å²) in [7, 11) is 0. The molecular weight excluding hydrogens is 384 g/mol. The Morgan fingerprint density at radius 1 is 1.33 bits per heavy atom. The van der Waals surface area contributed by atoms with Gasteiger partial charge in [-0.25, -0.2) is 0 Å². The first-order chi connectivity index (χ1) is 12.6. The first-order valence-electron chi connectivity index (χ1n) is 8.98. The highest BCUT2D eigenvalue weighted by atomic mass is 35.5. The van der Waals surface area contributed by atoms with Crippen LogP contribution in [0.2, 0.25) is 0 Å². The van der Waals surface area contributed by atoms with Crippen molar-refractivity contribution in [2.45, 2.75) is 31.5 Å². The fourth-order valence-electron chi connectivity index (χ4n) is 3.37. The molecule has 27 heavy (non-hydrogen) atoms. The lowest BCUT2D eigenvalue weighted by atomic mass is 9.93. The first kappa shape index (κ1) is 21.9. The molecule has 7 heteroatoms. The van der Waals surface area contributed by atoms with Gasteiger partial charge in [0.25, 0.3) is 0 Å². The van der Waals surface area contributed by atoms with Crippen LogP contribution < -0.4 is 5.73 Å². The molecule has 1 amide bonds. The van der Waals surface area contributed by atoms with Gasteiger partial charge in [0, 0.05) is 23.9 Å². The topological polar surface area (TPSA) is 75.8 Å². The van der Waals surface area contributed by atoms with Gasteiger partial charge in [0.05, 0.1) is 31.3 Å². The SMILES string of the molecule is CC(C(=O)N1CCOCC1CC(O)c1cccs1)C(N)c1ccccc1.Cl. The molecule has 0 saturated carbocycles. The maximum Gasteiger partial charge on any atom is 0.227 e. The van der Waals surface area contributed by atoms with Crippen LogP contribution in [0.4, 0.5) is 0 Å². The number of morpholine rings is 1. The number of nitrogens with two attached hydrogens (primary N) is 1. The van der Waals surface area contributed by atoms with Gasteiger partial charge in [0.2, 0.25) is 5.91 Å². The van der Waals surface area contributed by atoms with E-state index in [1.165, 1.54) is 11.3 Å². The van der Waals surface area contributed by atoms with Gasteiger partial charge < -0.3 is 20.5 Å². The molecule has 1 fully saturated rings. The van der Waals surface area contributed by atoms with Crippen molar-refractivity contribution in [2.75, 3.05) is 19.8 Å². The maximum atomic E-state index is 13.1. The molecule has 5 nitrogen and oxygen atoms in total. The Hall–Kier alpha value is -1.44. The number of amides is 1. The number of ether oxygens (including phenoxy) is 1. The van der Waals surface area contributed by atoms with Crippen molar-refractivity contribution in [3.63, 3.8) is 0 Å². The van der Waals surface area contributed by atoms with Crippen molar-refractivity contribution in [1.82, 2.24) is 4.90 Å². The van der Waals surface area contributed by atoms with Crippen LogP contribution in [0, 0.1) is 5.92 Å². The van der Waals surface area contributed by atoms with E-state index in [4.69, 9.17) is 10.5 Å². The Kier molecular flexibility index (Phi) is 8.26. The van der Waals surface area contributed by atoms with E-state index in [9.17, 15) is 9.90 Å². The minimum atomic E-state index is -0.588. The van der Waals surface area contributed by atoms with E-state index in [0.717, 1.165) is 10.4 Å². The van der Waals surface area contributed by atoms with Gasteiger partial charge in [0.15, 0.2) is 0 Å². The molecule has 2 heterocycles.